The highest BCUT2D eigenvalue weighted by Crippen LogP contribution is 2.35. The molecule has 0 aromatic carbocycles. The molecule has 1 saturated carbocycles. The number of hydrogen-bond acceptors (Lipinski definition) is 1. The van der Waals surface area contributed by atoms with Crippen LogP contribution < -0.4 is 5.32 Å². The number of rotatable bonds is 8. The van der Waals surface area contributed by atoms with E-state index >= 15 is 0 Å². The predicted octanol–water partition coefficient (Wildman–Crippen LogP) is 5.01. The Balaban J connectivity index is 2.46. The van der Waals surface area contributed by atoms with Crippen molar-refractivity contribution in [3.05, 3.63) is 0 Å². The van der Waals surface area contributed by atoms with E-state index in [2.05, 4.69) is 26.2 Å². The minimum Gasteiger partial charge on any atom is -0.319 e. The third kappa shape index (κ3) is 5.73. The highest BCUT2D eigenvalue weighted by Gasteiger charge is 2.25. The molecule has 0 aliphatic heterocycles. The summed E-state index contributed by atoms with van der Waals surface area (Å²) in [7, 11) is 2.12. The number of nitrogens with one attached hydrogen (secondary N) is 1. The summed E-state index contributed by atoms with van der Waals surface area (Å²) in [5.74, 6) is 2.95. The van der Waals surface area contributed by atoms with Crippen LogP contribution in [0.25, 0.3) is 0 Å². The van der Waals surface area contributed by atoms with Crippen molar-refractivity contribution in [1.82, 2.24) is 5.32 Å². The second kappa shape index (κ2) is 9.83. The summed E-state index contributed by atoms with van der Waals surface area (Å²) in [5.41, 5.74) is 0. The maximum atomic E-state index is 3.43. The lowest BCUT2D eigenvalue weighted by molar-refractivity contribution is 0.236. The molecule has 0 heterocycles. The molecule has 0 amide bonds. The summed E-state index contributed by atoms with van der Waals surface area (Å²) in [6.07, 6.45) is 14.5. The van der Waals surface area contributed by atoms with Crippen LogP contribution in [-0.2, 0) is 0 Å². The summed E-state index contributed by atoms with van der Waals surface area (Å²) in [4.78, 5) is 0. The van der Waals surface area contributed by atoms with Gasteiger partial charge in [-0.15, -0.1) is 0 Å². The van der Waals surface area contributed by atoms with Crippen molar-refractivity contribution < 1.29 is 0 Å². The Morgan fingerprint density at radius 1 is 1.06 bits per heavy atom. The van der Waals surface area contributed by atoms with Gasteiger partial charge < -0.3 is 5.32 Å². The van der Waals surface area contributed by atoms with Crippen molar-refractivity contribution in [3.8, 4) is 0 Å². The summed E-state index contributed by atoms with van der Waals surface area (Å²) >= 11 is 0. The van der Waals surface area contributed by atoms with Gasteiger partial charge in [0.05, 0.1) is 0 Å². The van der Waals surface area contributed by atoms with Crippen molar-refractivity contribution in [1.29, 1.82) is 0 Å². The molecule has 1 nitrogen and oxygen atoms in total. The van der Waals surface area contributed by atoms with Crippen LogP contribution in [0.4, 0.5) is 0 Å². The molecule has 3 atom stereocenters. The van der Waals surface area contributed by atoms with Gasteiger partial charge in [0, 0.05) is 0 Å². The van der Waals surface area contributed by atoms with E-state index in [1.54, 1.807) is 0 Å². The molecule has 1 aliphatic rings. The smallest absolute Gasteiger partial charge is 0.00209 e. The van der Waals surface area contributed by atoms with E-state index in [9.17, 15) is 0 Å². The Labute approximate surface area is 115 Å². The lowest BCUT2D eigenvalue weighted by atomic mass is 9.79. The zero-order valence-electron chi connectivity index (χ0n) is 13.0. The lowest BCUT2D eigenvalue weighted by Gasteiger charge is -2.28. The van der Waals surface area contributed by atoms with Crippen LogP contribution in [0.3, 0.4) is 0 Å². The molecular formula is C17H35N. The fraction of sp³-hybridized carbons (Fsp3) is 1.00. The second-order valence-electron chi connectivity index (χ2n) is 6.37. The molecule has 0 bridgehead atoms. The monoisotopic (exact) mass is 253 g/mol. The van der Waals surface area contributed by atoms with Crippen LogP contribution in [-0.4, -0.2) is 13.6 Å². The molecule has 3 unspecified atom stereocenters. The predicted molar refractivity (Wildman–Crippen MR) is 81.9 cm³/mol. The molecule has 0 aromatic heterocycles. The molecule has 18 heavy (non-hydrogen) atoms. The van der Waals surface area contributed by atoms with Gasteiger partial charge in [0.15, 0.2) is 0 Å². The normalized spacial score (nSPS) is 26.8. The molecule has 108 valence electrons. The van der Waals surface area contributed by atoms with Crippen molar-refractivity contribution in [2.45, 2.75) is 78.1 Å². The second-order valence-corrected chi connectivity index (χ2v) is 6.37. The Morgan fingerprint density at radius 3 is 2.39 bits per heavy atom. The van der Waals surface area contributed by atoms with Crippen molar-refractivity contribution in [2.24, 2.45) is 17.8 Å². The van der Waals surface area contributed by atoms with Gasteiger partial charge in [0.1, 0.15) is 0 Å². The van der Waals surface area contributed by atoms with Gasteiger partial charge in [0.25, 0.3) is 0 Å². The van der Waals surface area contributed by atoms with E-state index in [1.165, 1.54) is 70.8 Å². The summed E-state index contributed by atoms with van der Waals surface area (Å²) in [6.45, 7) is 5.96. The minimum absolute atomic E-state index is 0.952. The molecule has 0 saturated heterocycles. The van der Waals surface area contributed by atoms with Crippen LogP contribution in [0.1, 0.15) is 78.1 Å². The van der Waals surface area contributed by atoms with Gasteiger partial charge in [0.2, 0.25) is 0 Å². The number of unbranched alkanes of at least 4 members (excludes halogenated alkanes) is 1. The maximum Gasteiger partial charge on any atom is -0.00209 e. The van der Waals surface area contributed by atoms with Crippen molar-refractivity contribution >= 4 is 0 Å². The average molecular weight is 253 g/mol. The lowest BCUT2D eigenvalue weighted by Crippen LogP contribution is -2.26. The van der Waals surface area contributed by atoms with Gasteiger partial charge in [-0.3, -0.25) is 0 Å². The van der Waals surface area contributed by atoms with Crippen LogP contribution in [0, 0.1) is 17.8 Å². The molecule has 1 N–H and O–H groups in total. The fourth-order valence-corrected chi connectivity index (χ4v) is 3.71. The van der Waals surface area contributed by atoms with Gasteiger partial charge >= 0.3 is 0 Å². The van der Waals surface area contributed by atoms with Crippen LogP contribution in [0.2, 0.25) is 0 Å². The van der Waals surface area contributed by atoms with Gasteiger partial charge in [-0.25, -0.2) is 0 Å². The highest BCUT2D eigenvalue weighted by atomic mass is 14.8. The Bertz CT molecular complexity index is 190. The molecule has 1 fully saturated rings. The molecule has 1 rings (SSSR count). The highest BCUT2D eigenvalue weighted by molar-refractivity contribution is 4.77. The summed E-state index contributed by atoms with van der Waals surface area (Å²) < 4.78 is 0. The molecule has 0 radical (unpaired) electrons. The molecular weight excluding hydrogens is 218 g/mol. The molecule has 0 aromatic rings. The Morgan fingerprint density at radius 2 is 1.78 bits per heavy atom. The first-order valence-corrected chi connectivity index (χ1v) is 8.46. The first kappa shape index (κ1) is 16.0. The van der Waals surface area contributed by atoms with Crippen LogP contribution in [0.5, 0.6) is 0 Å². The zero-order chi connectivity index (χ0) is 13.2. The summed E-state index contributed by atoms with van der Waals surface area (Å²) in [6, 6.07) is 0. The van der Waals surface area contributed by atoms with E-state index < -0.39 is 0 Å². The quantitative estimate of drug-likeness (QED) is 0.600. The van der Waals surface area contributed by atoms with Crippen molar-refractivity contribution in [2.75, 3.05) is 13.6 Å². The van der Waals surface area contributed by atoms with Gasteiger partial charge in [-0.1, -0.05) is 65.2 Å². The molecule has 1 heteroatoms. The SMILES string of the molecule is CCCCC(CC)CC1CCCCCC1CNC. The number of hydrogen-bond donors (Lipinski definition) is 1. The van der Waals surface area contributed by atoms with E-state index in [0.717, 1.165) is 17.8 Å². The van der Waals surface area contributed by atoms with Gasteiger partial charge in [-0.2, -0.15) is 0 Å². The van der Waals surface area contributed by atoms with E-state index in [4.69, 9.17) is 0 Å². The Kier molecular flexibility index (Phi) is 8.75. The standard InChI is InChI=1S/C17H35N/c1-4-6-10-15(5-2)13-16-11-8-7-9-12-17(16)14-18-3/h15-18H,4-14H2,1-3H3. The molecule has 0 spiro atoms. The minimum atomic E-state index is 0.952. The van der Waals surface area contributed by atoms with Crippen molar-refractivity contribution in [3.63, 3.8) is 0 Å². The zero-order valence-corrected chi connectivity index (χ0v) is 13.0. The third-order valence-electron chi connectivity index (χ3n) is 4.96. The average Bonchev–Trinajstić information content (AvgIpc) is 2.60. The largest absolute Gasteiger partial charge is 0.319 e. The van der Waals surface area contributed by atoms with E-state index in [1.807, 2.05) is 0 Å². The van der Waals surface area contributed by atoms with Crippen LogP contribution in [0.15, 0.2) is 0 Å². The van der Waals surface area contributed by atoms with E-state index in [-0.39, 0.29) is 0 Å². The topological polar surface area (TPSA) is 12.0 Å². The Hall–Kier alpha value is -0.0400. The fourth-order valence-electron chi connectivity index (χ4n) is 3.71. The first-order valence-electron chi connectivity index (χ1n) is 8.46. The first-order chi connectivity index (χ1) is 8.81. The third-order valence-corrected chi connectivity index (χ3v) is 4.96. The van der Waals surface area contributed by atoms with E-state index in [0.29, 0.717) is 0 Å². The summed E-state index contributed by atoms with van der Waals surface area (Å²) in [5, 5.41) is 3.43. The van der Waals surface area contributed by atoms with Crippen LogP contribution >= 0.6 is 0 Å². The molecule has 1 aliphatic carbocycles. The van der Waals surface area contributed by atoms with Gasteiger partial charge in [-0.05, 0) is 44.2 Å². The maximum absolute atomic E-state index is 3.43.